The summed E-state index contributed by atoms with van der Waals surface area (Å²) in [7, 11) is 0. The van der Waals surface area contributed by atoms with Crippen molar-refractivity contribution in [1.82, 2.24) is 5.01 Å². The summed E-state index contributed by atoms with van der Waals surface area (Å²) in [5.74, 6) is -14.0. The van der Waals surface area contributed by atoms with Crippen LogP contribution in [0, 0.1) is 5.41 Å². The summed E-state index contributed by atoms with van der Waals surface area (Å²) in [5.41, 5.74) is -6.01. The van der Waals surface area contributed by atoms with Gasteiger partial charge in [-0.25, -0.2) is 0 Å². The zero-order valence-corrected chi connectivity index (χ0v) is 14.2. The van der Waals surface area contributed by atoms with Crippen LogP contribution in [0.25, 0.3) is 0 Å². The first-order valence-electron chi connectivity index (χ1n) is 7.47. The van der Waals surface area contributed by atoms with Crippen molar-refractivity contribution < 1.29 is 45.1 Å². The van der Waals surface area contributed by atoms with Crippen molar-refractivity contribution in [2.75, 3.05) is 0 Å². The number of hydrogen-bond donors (Lipinski definition) is 1. The van der Waals surface area contributed by atoms with Crippen LogP contribution in [0.15, 0.2) is 27.9 Å². The molecule has 0 aliphatic carbocycles. The van der Waals surface area contributed by atoms with Gasteiger partial charge in [0, 0.05) is 11.8 Å². The molecule has 0 radical (unpaired) electrons. The second-order valence-corrected chi connectivity index (χ2v) is 7.03. The van der Waals surface area contributed by atoms with E-state index in [1.807, 2.05) is 0 Å². The second-order valence-electron chi connectivity index (χ2n) is 7.03. The first-order chi connectivity index (χ1) is 12.0. The Balaban J connectivity index is 2.57. The van der Waals surface area contributed by atoms with Gasteiger partial charge in [-0.15, -0.1) is 0 Å². The lowest BCUT2D eigenvalue weighted by Gasteiger charge is -2.41. The average Bonchev–Trinajstić information content (AvgIpc) is 3.12. The van der Waals surface area contributed by atoms with E-state index in [4.69, 9.17) is 4.42 Å². The molecule has 12 heteroatoms. The lowest BCUT2D eigenvalue weighted by atomic mass is 9.79. The Labute approximate surface area is 148 Å². The Morgan fingerprint density at radius 1 is 1.19 bits per heavy atom. The predicted octanol–water partition coefficient (Wildman–Crippen LogP) is 4.05. The van der Waals surface area contributed by atoms with E-state index in [0.29, 0.717) is 0 Å². The number of amides is 1. The second kappa shape index (κ2) is 5.94. The molecule has 1 N–H and O–H groups in total. The first-order valence-corrected chi connectivity index (χ1v) is 7.47. The molecule has 0 fully saturated rings. The van der Waals surface area contributed by atoms with Gasteiger partial charge in [-0.3, -0.25) is 4.79 Å². The molecule has 0 aromatic carbocycles. The molecule has 1 aliphatic rings. The lowest BCUT2D eigenvalue weighted by Crippen LogP contribution is -2.58. The number of carbonyl (C=O) groups excluding carboxylic acids is 1. The highest BCUT2D eigenvalue weighted by molar-refractivity contribution is 5.99. The van der Waals surface area contributed by atoms with Gasteiger partial charge in [-0.1, -0.05) is 20.8 Å². The Hall–Kier alpha value is -2.11. The maximum Gasteiger partial charge on any atom is 0.460 e. The number of halogens is 7. The number of nitrogens with zero attached hydrogens (tertiary/aromatic N) is 2. The number of alkyl halides is 7. The van der Waals surface area contributed by atoms with Gasteiger partial charge in [0.1, 0.15) is 5.71 Å². The van der Waals surface area contributed by atoms with E-state index in [1.165, 1.54) is 26.8 Å². The van der Waals surface area contributed by atoms with Crippen molar-refractivity contribution in [3.8, 4) is 0 Å². The summed E-state index contributed by atoms with van der Waals surface area (Å²) in [5, 5.41) is 13.8. The fourth-order valence-electron chi connectivity index (χ4n) is 2.38. The molecular weight excluding hydrogens is 389 g/mol. The minimum absolute atomic E-state index is 0.0571. The number of aliphatic hydroxyl groups is 1. The quantitative estimate of drug-likeness (QED) is 0.774. The van der Waals surface area contributed by atoms with Gasteiger partial charge in [0.2, 0.25) is 0 Å². The summed E-state index contributed by atoms with van der Waals surface area (Å²) in [6.45, 7) is 3.82. The summed E-state index contributed by atoms with van der Waals surface area (Å²) in [6, 6.07) is 2.33. The first kappa shape index (κ1) is 21.2. The standard InChI is InChI=1S/C15H15F7N2O3/c1-11(2,3)12(26)7-9(13(16,17)14(18,19)15(20,21)22)23-24(12)10(25)8-5-4-6-27-8/h4-6,26H,7H2,1-3H3/t12-/m1/s1. The number of carbonyl (C=O) groups is 1. The van der Waals surface area contributed by atoms with Crippen molar-refractivity contribution in [2.45, 2.75) is 50.9 Å². The number of hydrazone groups is 1. The molecule has 152 valence electrons. The van der Waals surface area contributed by atoms with Crippen LogP contribution < -0.4 is 0 Å². The molecule has 0 saturated carbocycles. The SMILES string of the molecule is CC(C)(C)[C@]1(O)CC(C(F)(F)C(F)(F)C(F)(F)F)=NN1C(=O)c1ccco1. The van der Waals surface area contributed by atoms with Gasteiger partial charge in [-0.2, -0.15) is 40.8 Å². The third kappa shape index (κ3) is 3.09. The van der Waals surface area contributed by atoms with Crippen LogP contribution in [-0.4, -0.2) is 45.5 Å². The van der Waals surface area contributed by atoms with Crippen LogP contribution in [0.5, 0.6) is 0 Å². The number of rotatable bonds is 3. The summed E-state index contributed by atoms with van der Waals surface area (Å²) in [6.07, 6.45) is -6.95. The molecule has 1 amide bonds. The monoisotopic (exact) mass is 404 g/mol. The molecule has 1 aromatic rings. The molecule has 1 atom stereocenters. The Morgan fingerprint density at radius 3 is 2.15 bits per heavy atom. The van der Waals surface area contributed by atoms with Crippen molar-refractivity contribution in [2.24, 2.45) is 10.5 Å². The van der Waals surface area contributed by atoms with Crippen molar-refractivity contribution in [3.63, 3.8) is 0 Å². The van der Waals surface area contributed by atoms with E-state index in [2.05, 4.69) is 5.10 Å². The van der Waals surface area contributed by atoms with Crippen LogP contribution in [0.3, 0.4) is 0 Å². The molecular formula is C15H15F7N2O3. The molecule has 2 heterocycles. The highest BCUT2D eigenvalue weighted by Crippen LogP contribution is 2.51. The predicted molar refractivity (Wildman–Crippen MR) is 77.3 cm³/mol. The van der Waals surface area contributed by atoms with Crippen LogP contribution >= 0.6 is 0 Å². The molecule has 0 spiro atoms. The summed E-state index contributed by atoms with van der Waals surface area (Å²) in [4.78, 5) is 12.4. The molecule has 1 aliphatic heterocycles. The molecule has 0 saturated heterocycles. The van der Waals surface area contributed by atoms with E-state index in [1.54, 1.807) is 0 Å². The summed E-state index contributed by atoms with van der Waals surface area (Å²) >= 11 is 0. The van der Waals surface area contributed by atoms with Crippen LogP contribution in [-0.2, 0) is 0 Å². The Morgan fingerprint density at radius 2 is 1.74 bits per heavy atom. The summed E-state index contributed by atoms with van der Waals surface area (Å²) < 4.78 is 96.9. The highest BCUT2D eigenvalue weighted by Gasteiger charge is 2.76. The van der Waals surface area contributed by atoms with Gasteiger partial charge >= 0.3 is 23.9 Å². The van der Waals surface area contributed by atoms with Gasteiger partial charge in [-0.05, 0) is 12.1 Å². The van der Waals surface area contributed by atoms with Gasteiger partial charge < -0.3 is 9.52 Å². The fraction of sp³-hybridized carbons (Fsp3) is 0.600. The van der Waals surface area contributed by atoms with Crippen molar-refractivity contribution in [3.05, 3.63) is 24.2 Å². The topological polar surface area (TPSA) is 66.0 Å². The smallest absolute Gasteiger partial charge is 0.459 e. The van der Waals surface area contributed by atoms with Crippen LogP contribution in [0.1, 0.15) is 37.7 Å². The minimum Gasteiger partial charge on any atom is -0.459 e. The third-order valence-corrected chi connectivity index (χ3v) is 4.22. The lowest BCUT2D eigenvalue weighted by molar-refractivity contribution is -0.336. The van der Waals surface area contributed by atoms with Crippen LogP contribution in [0.2, 0.25) is 0 Å². The van der Waals surface area contributed by atoms with Crippen molar-refractivity contribution in [1.29, 1.82) is 0 Å². The van der Waals surface area contributed by atoms with E-state index < -0.39 is 53.0 Å². The maximum absolute atomic E-state index is 14.0. The maximum atomic E-state index is 14.0. The number of furan rings is 1. The molecule has 0 bridgehead atoms. The normalized spacial score (nSPS) is 22.2. The van der Waals surface area contributed by atoms with E-state index in [0.717, 1.165) is 12.3 Å². The molecule has 27 heavy (non-hydrogen) atoms. The Kier molecular flexibility index (Phi) is 4.67. The zero-order chi connectivity index (χ0) is 21.1. The molecule has 5 nitrogen and oxygen atoms in total. The van der Waals surface area contributed by atoms with Crippen molar-refractivity contribution >= 4 is 11.6 Å². The fourth-order valence-corrected chi connectivity index (χ4v) is 2.38. The Bertz CT molecular complexity index is 750. The zero-order valence-electron chi connectivity index (χ0n) is 14.2. The minimum atomic E-state index is -6.57. The van der Waals surface area contributed by atoms with Gasteiger partial charge in [0.25, 0.3) is 0 Å². The van der Waals surface area contributed by atoms with E-state index in [9.17, 15) is 40.6 Å². The molecule has 2 rings (SSSR count). The van der Waals surface area contributed by atoms with E-state index >= 15 is 0 Å². The van der Waals surface area contributed by atoms with Crippen LogP contribution in [0.4, 0.5) is 30.7 Å². The molecule has 1 aromatic heterocycles. The average molecular weight is 404 g/mol. The molecule has 0 unspecified atom stereocenters. The third-order valence-electron chi connectivity index (χ3n) is 4.22. The van der Waals surface area contributed by atoms with Gasteiger partial charge in [0.15, 0.2) is 11.5 Å². The largest absolute Gasteiger partial charge is 0.460 e. The van der Waals surface area contributed by atoms with Gasteiger partial charge in [0.05, 0.1) is 6.26 Å². The number of hydrogen-bond acceptors (Lipinski definition) is 4. The highest BCUT2D eigenvalue weighted by atomic mass is 19.4. The van der Waals surface area contributed by atoms with E-state index in [-0.39, 0.29) is 5.01 Å².